The minimum Gasteiger partial charge on any atom is -0.481 e. The van der Waals surface area contributed by atoms with Gasteiger partial charge in [0.05, 0.1) is 12.5 Å². The predicted molar refractivity (Wildman–Crippen MR) is 79.1 cm³/mol. The Hall–Kier alpha value is -2.16. The van der Waals surface area contributed by atoms with Crippen molar-refractivity contribution in [2.45, 2.75) is 37.9 Å². The molecule has 0 aromatic heterocycles. The quantitative estimate of drug-likeness (QED) is 0.516. The fraction of sp³-hybridized carbons (Fsp3) is 0.467. The summed E-state index contributed by atoms with van der Waals surface area (Å²) in [6.45, 7) is 0.0874. The van der Waals surface area contributed by atoms with Crippen LogP contribution in [0.5, 0.6) is 0 Å². The zero-order valence-electron chi connectivity index (χ0n) is 12.4. The molecule has 0 radical (unpaired) electrons. The monoisotopic (exact) mass is 324 g/mol. The molecule has 1 aliphatic rings. The van der Waals surface area contributed by atoms with Crippen LogP contribution in [0.4, 0.5) is 4.79 Å². The van der Waals surface area contributed by atoms with Crippen molar-refractivity contribution in [2.75, 3.05) is 0 Å². The number of carbonyl (C=O) groups excluding carboxylic acids is 1. The van der Waals surface area contributed by atoms with Crippen LogP contribution in [0.1, 0.15) is 18.4 Å². The number of rotatable bonds is 5. The van der Waals surface area contributed by atoms with Gasteiger partial charge >= 0.3 is 12.1 Å². The molecule has 0 bridgehead atoms. The topological polar surface area (TPSA) is 128 Å². The number of carbonyl (C=O) groups is 2. The number of alkyl carbamates (subject to hydrolysis) is 1. The summed E-state index contributed by atoms with van der Waals surface area (Å²) < 4.78 is 5.05. The number of hydrogen-bond acceptors (Lipinski definition) is 6. The summed E-state index contributed by atoms with van der Waals surface area (Å²) in [4.78, 5) is 22.6. The third kappa shape index (κ3) is 5.20. The second-order valence-corrected chi connectivity index (χ2v) is 5.46. The molecule has 1 aliphatic heterocycles. The van der Waals surface area contributed by atoms with E-state index < -0.39 is 36.5 Å². The summed E-state index contributed by atoms with van der Waals surface area (Å²) in [5, 5.41) is 33.3. The average molecular weight is 324 g/mol. The molecule has 1 aromatic carbocycles. The van der Waals surface area contributed by atoms with Crippen molar-refractivity contribution < 1.29 is 29.6 Å². The highest BCUT2D eigenvalue weighted by Crippen LogP contribution is 2.21. The van der Waals surface area contributed by atoms with E-state index in [0.717, 1.165) is 5.56 Å². The van der Waals surface area contributed by atoms with Crippen LogP contribution in [0.3, 0.4) is 0 Å². The number of ether oxygens (including phenoxy) is 1. The normalized spacial score (nSPS) is 27.2. The fourth-order valence-corrected chi connectivity index (χ4v) is 2.48. The van der Waals surface area contributed by atoms with Crippen molar-refractivity contribution in [3.63, 3.8) is 0 Å². The van der Waals surface area contributed by atoms with Gasteiger partial charge < -0.3 is 25.4 Å². The molecule has 23 heavy (non-hydrogen) atoms. The van der Waals surface area contributed by atoms with E-state index in [2.05, 4.69) is 10.6 Å². The van der Waals surface area contributed by atoms with E-state index in [1.54, 1.807) is 0 Å². The van der Waals surface area contributed by atoms with E-state index in [-0.39, 0.29) is 19.4 Å². The maximum Gasteiger partial charge on any atom is 0.407 e. The first kappa shape index (κ1) is 17.2. The number of aliphatic carboxylic acids is 1. The van der Waals surface area contributed by atoms with Gasteiger partial charge in [-0.15, -0.1) is 0 Å². The maximum absolute atomic E-state index is 11.8. The van der Waals surface area contributed by atoms with Crippen LogP contribution in [0, 0.1) is 5.92 Å². The molecular formula is C15H20N2O6. The predicted octanol–water partition coefficient (Wildman–Crippen LogP) is 0.00240. The van der Waals surface area contributed by atoms with Crippen LogP contribution in [-0.2, 0) is 16.1 Å². The lowest BCUT2D eigenvalue weighted by Gasteiger charge is -2.37. The minimum absolute atomic E-state index is 0.0874. The maximum atomic E-state index is 11.8. The largest absolute Gasteiger partial charge is 0.481 e. The minimum atomic E-state index is -1.18. The Kier molecular flexibility index (Phi) is 5.91. The summed E-state index contributed by atoms with van der Waals surface area (Å²) in [5.41, 5.74) is 0.823. The van der Waals surface area contributed by atoms with Crippen LogP contribution >= 0.6 is 0 Å². The van der Waals surface area contributed by atoms with Gasteiger partial charge in [0.1, 0.15) is 19.1 Å². The molecule has 4 unspecified atom stereocenters. The summed E-state index contributed by atoms with van der Waals surface area (Å²) in [7, 11) is 0. The Balaban J connectivity index is 1.85. The molecule has 4 atom stereocenters. The van der Waals surface area contributed by atoms with E-state index in [1.165, 1.54) is 0 Å². The molecule has 1 heterocycles. The Morgan fingerprint density at radius 1 is 1.22 bits per heavy atom. The van der Waals surface area contributed by atoms with Crippen LogP contribution in [0.25, 0.3) is 0 Å². The highest BCUT2D eigenvalue weighted by molar-refractivity contribution is 5.68. The van der Waals surface area contributed by atoms with Crippen LogP contribution in [0.2, 0.25) is 0 Å². The van der Waals surface area contributed by atoms with Gasteiger partial charge in [-0.2, -0.15) is 0 Å². The van der Waals surface area contributed by atoms with Crippen molar-refractivity contribution >= 4 is 12.1 Å². The van der Waals surface area contributed by atoms with Gasteiger partial charge in [-0.1, -0.05) is 30.3 Å². The van der Waals surface area contributed by atoms with Gasteiger partial charge in [0.15, 0.2) is 0 Å². The van der Waals surface area contributed by atoms with Gasteiger partial charge in [-0.3, -0.25) is 10.1 Å². The van der Waals surface area contributed by atoms with Gasteiger partial charge in [-0.05, 0) is 12.0 Å². The second kappa shape index (κ2) is 7.91. The van der Waals surface area contributed by atoms with E-state index in [4.69, 9.17) is 9.84 Å². The standard InChI is InChI=1S/C15H20N2O6/c18-12(19)7-10-6-11(14(21)17-13(10)20)16-15(22)23-8-9-4-2-1-3-5-9/h1-5,10-11,13-14,17,20-21H,6-8H2,(H,16,22)(H,18,19). The number of benzene rings is 1. The Morgan fingerprint density at radius 3 is 2.57 bits per heavy atom. The molecule has 1 aromatic rings. The third-order valence-electron chi connectivity index (χ3n) is 3.68. The van der Waals surface area contributed by atoms with Crippen molar-refractivity contribution in [3.8, 4) is 0 Å². The Morgan fingerprint density at radius 2 is 1.91 bits per heavy atom. The Bertz CT molecular complexity index is 538. The van der Waals surface area contributed by atoms with Crippen molar-refractivity contribution in [3.05, 3.63) is 35.9 Å². The van der Waals surface area contributed by atoms with Crippen LogP contribution in [0.15, 0.2) is 30.3 Å². The number of carboxylic acid groups (broad SMARTS) is 1. The SMILES string of the molecule is O=C(O)CC1CC(NC(=O)OCc2ccccc2)C(O)NC1O. The number of aliphatic hydroxyl groups is 2. The summed E-state index contributed by atoms with van der Waals surface area (Å²) >= 11 is 0. The molecule has 8 nitrogen and oxygen atoms in total. The first-order valence-electron chi connectivity index (χ1n) is 7.27. The second-order valence-electron chi connectivity index (χ2n) is 5.46. The van der Waals surface area contributed by atoms with Gasteiger partial charge in [0, 0.05) is 5.92 Å². The van der Waals surface area contributed by atoms with Gasteiger partial charge in [-0.25, -0.2) is 4.79 Å². The number of nitrogens with one attached hydrogen (secondary N) is 2. The molecule has 0 spiro atoms. The number of amides is 1. The lowest BCUT2D eigenvalue weighted by molar-refractivity contribution is -0.141. The number of hydrogen-bond donors (Lipinski definition) is 5. The van der Waals surface area contributed by atoms with E-state index in [0.29, 0.717) is 0 Å². The first-order valence-corrected chi connectivity index (χ1v) is 7.27. The number of carboxylic acids is 1. The third-order valence-corrected chi connectivity index (χ3v) is 3.68. The van der Waals surface area contributed by atoms with E-state index in [1.807, 2.05) is 30.3 Å². The smallest absolute Gasteiger partial charge is 0.407 e. The zero-order chi connectivity index (χ0) is 16.8. The highest BCUT2D eigenvalue weighted by Gasteiger charge is 2.36. The van der Waals surface area contributed by atoms with Crippen molar-refractivity contribution in [2.24, 2.45) is 5.92 Å². The summed E-state index contributed by atoms with van der Waals surface area (Å²) in [5.74, 6) is -1.67. The van der Waals surface area contributed by atoms with Gasteiger partial charge in [0.25, 0.3) is 0 Å². The molecule has 2 rings (SSSR count). The van der Waals surface area contributed by atoms with Crippen LogP contribution in [-0.4, -0.2) is 45.9 Å². The molecule has 1 amide bonds. The molecule has 1 fully saturated rings. The molecular weight excluding hydrogens is 304 g/mol. The molecule has 1 saturated heterocycles. The van der Waals surface area contributed by atoms with Crippen LogP contribution < -0.4 is 10.6 Å². The van der Waals surface area contributed by atoms with Gasteiger partial charge in [0.2, 0.25) is 0 Å². The zero-order valence-corrected chi connectivity index (χ0v) is 12.4. The van der Waals surface area contributed by atoms with E-state index >= 15 is 0 Å². The molecule has 8 heteroatoms. The fourth-order valence-electron chi connectivity index (χ4n) is 2.48. The summed E-state index contributed by atoms with van der Waals surface area (Å²) in [6, 6.07) is 8.37. The number of piperidine rings is 1. The molecule has 126 valence electrons. The van der Waals surface area contributed by atoms with Crippen molar-refractivity contribution in [1.82, 2.24) is 10.6 Å². The van der Waals surface area contributed by atoms with Crippen molar-refractivity contribution in [1.29, 1.82) is 0 Å². The molecule has 0 saturated carbocycles. The van der Waals surface area contributed by atoms with E-state index in [9.17, 15) is 19.8 Å². The first-order chi connectivity index (χ1) is 11.0. The summed E-state index contributed by atoms with van der Waals surface area (Å²) in [6.07, 6.45) is -3.18. The lowest BCUT2D eigenvalue weighted by Crippen LogP contribution is -2.60. The average Bonchev–Trinajstić information content (AvgIpc) is 2.50. The molecule has 0 aliphatic carbocycles. The highest BCUT2D eigenvalue weighted by atomic mass is 16.5. The Labute approximate surface area is 133 Å². The lowest BCUT2D eigenvalue weighted by atomic mass is 9.90. The molecule has 5 N–H and O–H groups in total. The number of aliphatic hydroxyl groups excluding tert-OH is 2.